The number of methoxy groups -OCH3 is 1. The van der Waals surface area contributed by atoms with E-state index in [1.54, 1.807) is 24.3 Å². The topological polar surface area (TPSA) is 121 Å². The third kappa shape index (κ3) is 5.57. The van der Waals surface area contributed by atoms with Gasteiger partial charge in [-0.25, -0.2) is 14.6 Å². The lowest BCUT2D eigenvalue weighted by atomic mass is 10.0. The summed E-state index contributed by atoms with van der Waals surface area (Å²) in [5, 5.41) is 6.91. The molecule has 3 aromatic heterocycles. The molecule has 0 saturated heterocycles. The van der Waals surface area contributed by atoms with Gasteiger partial charge in [0.05, 0.1) is 29.4 Å². The molecule has 0 aliphatic heterocycles. The molecule has 10 heteroatoms. The number of aromatic nitrogens is 2. The number of aryl methyl sites for hydroxylation is 3. The van der Waals surface area contributed by atoms with Gasteiger partial charge in [-0.15, -0.1) is 11.3 Å². The van der Waals surface area contributed by atoms with Gasteiger partial charge in [0, 0.05) is 15.3 Å². The summed E-state index contributed by atoms with van der Waals surface area (Å²) in [4.78, 5) is 43.9. The lowest BCUT2D eigenvalue weighted by Crippen LogP contribution is -2.44. The van der Waals surface area contributed by atoms with E-state index in [1.165, 1.54) is 7.11 Å². The molecule has 0 saturated carbocycles. The largest absolute Gasteiger partial charge is 0.467 e. The van der Waals surface area contributed by atoms with Gasteiger partial charge in [-0.05, 0) is 45.2 Å². The second kappa shape index (κ2) is 10.1. The van der Waals surface area contributed by atoms with Gasteiger partial charge in [-0.3, -0.25) is 4.79 Å². The number of thiophene rings is 1. The number of pyridine rings is 1. The summed E-state index contributed by atoms with van der Waals surface area (Å²) in [6, 6.07) is 2.80. The molecule has 0 aromatic carbocycles. The van der Waals surface area contributed by atoms with Crippen LogP contribution in [-0.4, -0.2) is 47.7 Å². The number of hydrogen-bond donors (Lipinski definition) is 1. The molecular formula is C23H27N3O6S. The van der Waals surface area contributed by atoms with Crippen LogP contribution in [0.25, 0.3) is 22.4 Å². The van der Waals surface area contributed by atoms with Crippen LogP contribution in [0.2, 0.25) is 0 Å². The number of esters is 2. The third-order valence-electron chi connectivity index (χ3n) is 5.02. The van der Waals surface area contributed by atoms with E-state index >= 15 is 0 Å². The fourth-order valence-corrected chi connectivity index (χ4v) is 4.48. The smallest absolute Gasteiger partial charge is 0.339 e. The average molecular weight is 474 g/mol. The second-order valence-corrected chi connectivity index (χ2v) is 9.64. The van der Waals surface area contributed by atoms with Crippen LogP contribution in [0.4, 0.5) is 0 Å². The van der Waals surface area contributed by atoms with Gasteiger partial charge >= 0.3 is 11.9 Å². The first-order chi connectivity index (χ1) is 15.6. The normalized spacial score (nSPS) is 12.1. The second-order valence-electron chi connectivity index (χ2n) is 8.18. The van der Waals surface area contributed by atoms with Gasteiger partial charge in [-0.1, -0.05) is 19.0 Å². The molecule has 0 aliphatic rings. The Morgan fingerprint density at radius 1 is 1.18 bits per heavy atom. The van der Waals surface area contributed by atoms with Crippen LogP contribution in [0.1, 0.15) is 46.1 Å². The first-order valence-electron chi connectivity index (χ1n) is 10.5. The molecule has 3 heterocycles. The minimum Gasteiger partial charge on any atom is -0.467 e. The van der Waals surface area contributed by atoms with Crippen molar-refractivity contribution in [2.24, 2.45) is 5.92 Å². The highest BCUT2D eigenvalue weighted by Gasteiger charge is 2.25. The van der Waals surface area contributed by atoms with Crippen molar-refractivity contribution >= 4 is 40.3 Å². The van der Waals surface area contributed by atoms with Crippen molar-refractivity contribution in [1.29, 1.82) is 0 Å². The molecule has 176 valence electrons. The molecule has 3 aromatic rings. The number of fused-ring (bicyclic) bond motifs is 1. The predicted molar refractivity (Wildman–Crippen MR) is 123 cm³/mol. The Labute approximate surface area is 195 Å². The highest BCUT2D eigenvalue weighted by molar-refractivity contribution is 7.12. The Morgan fingerprint density at radius 3 is 2.52 bits per heavy atom. The first-order valence-corrected chi connectivity index (χ1v) is 11.3. The molecule has 0 unspecified atom stereocenters. The Hall–Kier alpha value is -3.27. The predicted octanol–water partition coefficient (Wildman–Crippen LogP) is 3.74. The summed E-state index contributed by atoms with van der Waals surface area (Å²) in [5.41, 5.74) is 2.35. The van der Waals surface area contributed by atoms with E-state index in [0.717, 1.165) is 15.3 Å². The monoisotopic (exact) mass is 473 g/mol. The molecule has 3 rings (SSSR count). The highest BCUT2D eigenvalue weighted by atomic mass is 32.1. The molecule has 0 fully saturated rings. The van der Waals surface area contributed by atoms with Crippen LogP contribution >= 0.6 is 11.3 Å². The molecule has 0 bridgehead atoms. The van der Waals surface area contributed by atoms with Crippen LogP contribution < -0.4 is 5.32 Å². The average Bonchev–Trinajstić information content (AvgIpc) is 3.31. The quantitative estimate of drug-likeness (QED) is 0.491. The minimum atomic E-state index is -0.814. The number of hydrogen-bond acceptors (Lipinski definition) is 9. The lowest BCUT2D eigenvalue weighted by molar-refractivity contribution is -0.145. The van der Waals surface area contributed by atoms with Crippen molar-refractivity contribution in [2.45, 2.75) is 47.1 Å². The SMILES string of the molecule is COC(=O)[C@@H](CC(C)C)NC(=O)COC(=O)c1cc(-c2cc(C)sc2C)nc2onc(C)c12. The van der Waals surface area contributed by atoms with Crippen molar-refractivity contribution in [3.05, 3.63) is 33.1 Å². The molecule has 9 nitrogen and oxygen atoms in total. The molecule has 0 radical (unpaired) electrons. The molecule has 33 heavy (non-hydrogen) atoms. The Balaban J connectivity index is 1.82. The van der Waals surface area contributed by atoms with Gasteiger partial charge in [0.15, 0.2) is 6.61 Å². The number of carbonyl (C=O) groups excluding carboxylic acids is 3. The Kier molecular flexibility index (Phi) is 7.47. The summed E-state index contributed by atoms with van der Waals surface area (Å²) >= 11 is 1.62. The fourth-order valence-electron chi connectivity index (χ4n) is 3.55. The van der Waals surface area contributed by atoms with Crippen LogP contribution in [0, 0.1) is 26.7 Å². The third-order valence-corrected chi connectivity index (χ3v) is 5.98. The molecule has 1 atom stereocenters. The standard InChI is InChI=1S/C23H27N3O6S/c1-11(2)7-18(23(29)30-6)24-19(27)10-31-22(28)16-9-17(15-8-12(3)33-14(15)5)25-21-20(16)13(4)26-32-21/h8-9,11,18H,7,10H2,1-6H3,(H,24,27)/t18-/m1/s1. The maximum absolute atomic E-state index is 13.0. The van der Waals surface area contributed by atoms with E-state index in [-0.39, 0.29) is 17.2 Å². The van der Waals surface area contributed by atoms with Crippen molar-refractivity contribution in [3.8, 4) is 11.3 Å². The molecule has 1 amide bonds. The molecule has 1 N–H and O–H groups in total. The molecule has 0 spiro atoms. The van der Waals surface area contributed by atoms with E-state index in [0.29, 0.717) is 23.2 Å². The van der Waals surface area contributed by atoms with Crippen LogP contribution in [0.3, 0.4) is 0 Å². The molecular weight excluding hydrogens is 446 g/mol. The zero-order valence-corrected chi connectivity index (χ0v) is 20.3. The van der Waals surface area contributed by atoms with Gasteiger partial charge < -0.3 is 19.3 Å². The lowest BCUT2D eigenvalue weighted by Gasteiger charge is -2.18. The maximum atomic E-state index is 13.0. The minimum absolute atomic E-state index is 0.154. The van der Waals surface area contributed by atoms with E-state index in [2.05, 4.69) is 15.5 Å². The van der Waals surface area contributed by atoms with Crippen molar-refractivity contribution in [1.82, 2.24) is 15.5 Å². The first kappa shape index (κ1) is 24.4. The highest BCUT2D eigenvalue weighted by Crippen LogP contribution is 2.33. The summed E-state index contributed by atoms with van der Waals surface area (Å²) in [6.07, 6.45) is 0.403. The number of ether oxygens (including phenoxy) is 2. The summed E-state index contributed by atoms with van der Waals surface area (Å²) < 4.78 is 15.3. The number of rotatable bonds is 8. The number of nitrogens with one attached hydrogen (secondary N) is 1. The number of amides is 1. The fraction of sp³-hybridized carbons (Fsp3) is 0.435. The van der Waals surface area contributed by atoms with E-state index in [1.807, 2.05) is 33.8 Å². The Morgan fingerprint density at radius 2 is 1.91 bits per heavy atom. The van der Waals surface area contributed by atoms with Crippen LogP contribution in [0.5, 0.6) is 0 Å². The summed E-state index contributed by atoms with van der Waals surface area (Å²) in [7, 11) is 1.26. The van der Waals surface area contributed by atoms with Crippen LogP contribution in [-0.2, 0) is 19.1 Å². The van der Waals surface area contributed by atoms with Crippen molar-refractivity contribution in [2.75, 3.05) is 13.7 Å². The Bertz CT molecular complexity index is 1200. The van der Waals surface area contributed by atoms with Gasteiger partial charge in [0.1, 0.15) is 6.04 Å². The zero-order valence-electron chi connectivity index (χ0n) is 19.5. The van der Waals surface area contributed by atoms with Crippen LogP contribution in [0.15, 0.2) is 16.7 Å². The van der Waals surface area contributed by atoms with E-state index in [4.69, 9.17) is 14.0 Å². The van der Waals surface area contributed by atoms with Crippen molar-refractivity contribution in [3.63, 3.8) is 0 Å². The van der Waals surface area contributed by atoms with E-state index in [9.17, 15) is 14.4 Å². The number of nitrogens with zero attached hydrogens (tertiary/aromatic N) is 2. The van der Waals surface area contributed by atoms with Crippen molar-refractivity contribution < 1.29 is 28.4 Å². The summed E-state index contributed by atoms with van der Waals surface area (Å²) in [5.74, 6) is -1.71. The van der Waals surface area contributed by atoms with Gasteiger partial charge in [0.2, 0.25) is 0 Å². The van der Waals surface area contributed by atoms with E-state index < -0.39 is 30.5 Å². The molecule has 0 aliphatic carbocycles. The maximum Gasteiger partial charge on any atom is 0.339 e. The van der Waals surface area contributed by atoms with Gasteiger partial charge in [-0.2, -0.15) is 0 Å². The summed E-state index contributed by atoms with van der Waals surface area (Å²) in [6.45, 7) is 8.96. The van der Waals surface area contributed by atoms with Gasteiger partial charge in [0.25, 0.3) is 11.6 Å². The zero-order chi connectivity index (χ0) is 24.3. The number of carbonyl (C=O) groups is 3.